The van der Waals surface area contributed by atoms with Crippen molar-refractivity contribution in [1.82, 2.24) is 20.5 Å². The van der Waals surface area contributed by atoms with Crippen molar-refractivity contribution in [3.8, 4) is 33.8 Å². The Bertz CT molecular complexity index is 2280. The number of carbonyl (C=O) groups excluding carboxylic acids is 5. The molecule has 0 spiro atoms. The highest BCUT2D eigenvalue weighted by Gasteiger charge is 2.44. The largest absolute Gasteiger partial charge is 0.463 e. The Labute approximate surface area is 315 Å². The maximum Gasteiger partial charge on any atom is 0.269 e. The van der Waals surface area contributed by atoms with Gasteiger partial charge >= 0.3 is 0 Å². The van der Waals surface area contributed by atoms with Gasteiger partial charge in [0.25, 0.3) is 23.4 Å². The molecule has 1 saturated heterocycles. The molecule has 3 aromatic carbocycles. The first-order valence-electron chi connectivity index (χ1n) is 18.2. The molecule has 13 heteroatoms. The van der Waals surface area contributed by atoms with Crippen molar-refractivity contribution in [2.75, 3.05) is 6.54 Å². The van der Waals surface area contributed by atoms with Gasteiger partial charge < -0.3 is 9.73 Å². The molecule has 0 aliphatic carbocycles. The quantitative estimate of drug-likeness (QED) is 0.0529. The number of nitrogens with one attached hydrogen (secondary N) is 2. The number of unbranched alkanes of at least 4 members (excludes halogenated alkanes) is 4. The molecule has 2 aromatic heterocycles. The Morgan fingerprint density at radius 2 is 1.53 bits per heavy atom. The molecule has 1 unspecified atom stereocenters. The second kappa shape index (κ2) is 16.1. The molecule has 5 amide bonds. The molecule has 278 valence electrons. The zero-order valence-corrected chi connectivity index (χ0v) is 29.8. The summed E-state index contributed by atoms with van der Waals surface area (Å²) in [6.07, 6.45) is 7.11. The van der Waals surface area contributed by atoms with Crippen molar-refractivity contribution in [3.05, 3.63) is 130 Å². The van der Waals surface area contributed by atoms with E-state index in [1.165, 1.54) is 12.1 Å². The van der Waals surface area contributed by atoms with Crippen LogP contribution in [0.5, 0.6) is 0 Å². The fourth-order valence-corrected chi connectivity index (χ4v) is 6.93. The van der Waals surface area contributed by atoms with Gasteiger partial charge in [0.1, 0.15) is 11.7 Å². The Hall–Kier alpha value is -6.76. The number of aryl methyl sites for hydroxylation is 1. The zero-order valence-electron chi connectivity index (χ0n) is 29.8. The number of hydrogen-bond acceptors (Lipinski definition) is 9. The highest BCUT2D eigenvalue weighted by molar-refractivity contribution is 6.23. The van der Waals surface area contributed by atoms with Crippen LogP contribution >= 0.6 is 0 Å². The molecular weight excluding hydrogens is 702 g/mol. The van der Waals surface area contributed by atoms with Gasteiger partial charge in [0.15, 0.2) is 5.76 Å². The van der Waals surface area contributed by atoms with E-state index >= 15 is 0 Å². The van der Waals surface area contributed by atoms with Crippen molar-refractivity contribution in [2.24, 2.45) is 0 Å². The predicted octanol–water partition coefficient (Wildman–Crippen LogP) is 6.91. The maximum atomic E-state index is 13.1. The fraction of sp³-hybridized carbons (Fsp3) is 0.238. The third-order valence-electron chi connectivity index (χ3n) is 9.89. The number of nitro groups is 1. The molecule has 4 heterocycles. The van der Waals surface area contributed by atoms with Gasteiger partial charge in [-0.2, -0.15) is 0 Å². The summed E-state index contributed by atoms with van der Waals surface area (Å²) in [6.45, 7) is 0.542. The van der Waals surface area contributed by atoms with Gasteiger partial charge in [-0.1, -0.05) is 37.5 Å². The average molecular weight is 740 g/mol. The van der Waals surface area contributed by atoms with Crippen molar-refractivity contribution in [2.45, 2.75) is 57.4 Å². The van der Waals surface area contributed by atoms with Crippen molar-refractivity contribution in [1.29, 1.82) is 0 Å². The Morgan fingerprint density at radius 1 is 0.818 bits per heavy atom. The molecular formula is C42H37N5O8. The van der Waals surface area contributed by atoms with Gasteiger partial charge in [0.2, 0.25) is 11.8 Å². The van der Waals surface area contributed by atoms with Gasteiger partial charge in [-0.05, 0) is 103 Å². The number of furan rings is 1. The van der Waals surface area contributed by atoms with E-state index in [1.807, 2.05) is 36.4 Å². The van der Waals surface area contributed by atoms with Gasteiger partial charge in [-0.3, -0.25) is 44.3 Å². The molecule has 2 aliphatic rings. The summed E-state index contributed by atoms with van der Waals surface area (Å²) >= 11 is 0. The second-order valence-corrected chi connectivity index (χ2v) is 13.6. The molecule has 0 saturated carbocycles. The summed E-state index contributed by atoms with van der Waals surface area (Å²) in [5, 5.41) is 16.4. The number of pyridine rings is 1. The number of fused-ring (bicyclic) bond motifs is 1. The molecule has 2 aliphatic heterocycles. The lowest BCUT2D eigenvalue weighted by atomic mass is 10.00. The number of benzene rings is 3. The third kappa shape index (κ3) is 8.10. The number of non-ortho nitro benzene ring substituents is 1. The Kier molecular flexibility index (Phi) is 10.7. The fourth-order valence-electron chi connectivity index (χ4n) is 6.93. The molecule has 13 nitrogen and oxygen atoms in total. The van der Waals surface area contributed by atoms with Crippen LogP contribution in [0.4, 0.5) is 5.69 Å². The maximum absolute atomic E-state index is 13.1. The number of rotatable bonds is 14. The van der Waals surface area contributed by atoms with Crippen LogP contribution in [0.25, 0.3) is 33.8 Å². The molecule has 1 fully saturated rings. The average Bonchev–Trinajstić information content (AvgIpc) is 3.82. The third-order valence-corrected chi connectivity index (χ3v) is 9.89. The minimum atomic E-state index is -0.980. The number of piperidine rings is 1. The number of carbonyl (C=O) groups is 5. The minimum Gasteiger partial charge on any atom is -0.463 e. The number of nitrogens with zero attached hydrogens (tertiary/aromatic N) is 3. The van der Waals surface area contributed by atoms with E-state index in [0.717, 1.165) is 60.1 Å². The van der Waals surface area contributed by atoms with Crippen LogP contribution in [0.2, 0.25) is 0 Å². The smallest absolute Gasteiger partial charge is 0.269 e. The number of hydrogen-bond donors (Lipinski definition) is 2. The topological polar surface area (TPSA) is 182 Å². The first kappa shape index (κ1) is 36.6. The summed E-state index contributed by atoms with van der Waals surface area (Å²) in [5.41, 5.74) is 5.70. The van der Waals surface area contributed by atoms with E-state index in [0.29, 0.717) is 40.4 Å². The van der Waals surface area contributed by atoms with E-state index < -0.39 is 34.6 Å². The lowest BCUT2D eigenvalue weighted by Crippen LogP contribution is -2.54. The SMILES string of the molecule is O=C1CCC(N2C(=O)c3ccc(CCCCCCCNC(=O)c4ccc(-c5cc(-c6ccc([N+](=O)[O-])cc6)nc(-c6ccco6)c5)cc4)cc3C2=O)C(=O)N1. The van der Waals surface area contributed by atoms with Gasteiger partial charge in [0, 0.05) is 36.2 Å². The highest BCUT2D eigenvalue weighted by Crippen LogP contribution is 2.32. The van der Waals surface area contributed by atoms with Crippen molar-refractivity contribution >= 4 is 35.2 Å². The Balaban J connectivity index is 0.867. The van der Waals surface area contributed by atoms with E-state index in [1.54, 1.807) is 48.7 Å². The van der Waals surface area contributed by atoms with Crippen LogP contribution in [0.15, 0.2) is 102 Å². The Morgan fingerprint density at radius 3 is 2.25 bits per heavy atom. The number of nitro benzene ring substituents is 1. The molecule has 7 rings (SSSR count). The number of imide groups is 2. The summed E-state index contributed by atoms with van der Waals surface area (Å²) in [4.78, 5) is 79.2. The normalized spacial score (nSPS) is 15.2. The minimum absolute atomic E-state index is 0.00651. The molecule has 0 radical (unpaired) electrons. The van der Waals surface area contributed by atoms with E-state index in [-0.39, 0.29) is 30.0 Å². The first-order chi connectivity index (χ1) is 26.7. The van der Waals surface area contributed by atoms with E-state index in [4.69, 9.17) is 9.40 Å². The molecule has 5 aromatic rings. The van der Waals surface area contributed by atoms with Crippen LogP contribution in [0, 0.1) is 10.1 Å². The van der Waals surface area contributed by atoms with Crippen LogP contribution in [0.1, 0.15) is 81.6 Å². The zero-order chi connectivity index (χ0) is 38.5. The van der Waals surface area contributed by atoms with Crippen molar-refractivity contribution in [3.63, 3.8) is 0 Å². The number of aromatic nitrogens is 1. The van der Waals surface area contributed by atoms with E-state index in [9.17, 15) is 34.1 Å². The van der Waals surface area contributed by atoms with Crippen LogP contribution < -0.4 is 10.6 Å². The monoisotopic (exact) mass is 739 g/mol. The molecule has 0 bridgehead atoms. The number of amides is 5. The summed E-state index contributed by atoms with van der Waals surface area (Å²) < 4.78 is 5.60. The van der Waals surface area contributed by atoms with Gasteiger partial charge in [0.05, 0.1) is 28.0 Å². The summed E-state index contributed by atoms with van der Waals surface area (Å²) in [5.74, 6) is -1.62. The lowest BCUT2D eigenvalue weighted by molar-refractivity contribution is -0.384. The first-order valence-corrected chi connectivity index (χ1v) is 18.2. The standard InChI is InChI=1S/C42H37N5O8/c48-38-20-19-36(40(50)45-38)46-41(51)32-18-9-26(23-33(32)42(46)52)7-4-2-1-3-5-21-43-39(49)29-12-10-27(11-13-29)30-24-34(28-14-16-31(17-15-28)47(53)54)44-35(25-30)37-8-6-22-55-37/h6,8-18,22-25,36H,1-5,7,19-21H2,(H,43,49)(H,45,48,50). The molecule has 1 atom stereocenters. The summed E-state index contributed by atoms with van der Waals surface area (Å²) in [6, 6.07) is 25.1. The predicted molar refractivity (Wildman–Crippen MR) is 202 cm³/mol. The molecule has 55 heavy (non-hydrogen) atoms. The highest BCUT2D eigenvalue weighted by atomic mass is 16.6. The molecule has 2 N–H and O–H groups in total. The van der Waals surface area contributed by atoms with E-state index in [2.05, 4.69) is 10.6 Å². The summed E-state index contributed by atoms with van der Waals surface area (Å²) in [7, 11) is 0. The van der Waals surface area contributed by atoms with Crippen LogP contribution in [-0.2, 0) is 16.0 Å². The van der Waals surface area contributed by atoms with Crippen molar-refractivity contribution < 1.29 is 33.3 Å². The van der Waals surface area contributed by atoms with Gasteiger partial charge in [-0.15, -0.1) is 0 Å². The van der Waals surface area contributed by atoms with Crippen LogP contribution in [-0.4, -0.2) is 56.9 Å². The second-order valence-electron chi connectivity index (χ2n) is 13.6. The lowest BCUT2D eigenvalue weighted by Gasteiger charge is -2.27. The van der Waals surface area contributed by atoms with Crippen LogP contribution in [0.3, 0.4) is 0 Å². The van der Waals surface area contributed by atoms with Gasteiger partial charge in [-0.25, -0.2) is 4.98 Å².